The Morgan fingerprint density at radius 1 is 1.50 bits per heavy atom. The minimum absolute atomic E-state index is 0. The van der Waals surface area contributed by atoms with Crippen molar-refractivity contribution in [1.82, 2.24) is 20.4 Å². The molecular weight excluding hydrogens is 276 g/mol. The number of aromatic nitrogens is 2. The van der Waals surface area contributed by atoms with Gasteiger partial charge < -0.3 is 10.6 Å². The van der Waals surface area contributed by atoms with Crippen LogP contribution in [0, 0.1) is 13.8 Å². The van der Waals surface area contributed by atoms with Crippen LogP contribution in [0.1, 0.15) is 47.9 Å². The molecule has 1 unspecified atom stereocenters. The average molecular weight is 301 g/mol. The number of hydrogen-bond donors (Lipinski definition) is 2. The van der Waals surface area contributed by atoms with E-state index in [1.54, 1.807) is 0 Å². The van der Waals surface area contributed by atoms with Crippen molar-refractivity contribution in [2.24, 2.45) is 0 Å². The molecule has 1 fully saturated rings. The fourth-order valence-corrected chi connectivity index (χ4v) is 2.69. The van der Waals surface area contributed by atoms with Gasteiger partial charge in [0.05, 0.1) is 11.3 Å². The predicted molar refractivity (Wildman–Crippen MR) is 82.6 cm³/mol. The molecule has 1 saturated heterocycles. The summed E-state index contributed by atoms with van der Waals surface area (Å²) in [5.41, 5.74) is 2.53. The summed E-state index contributed by atoms with van der Waals surface area (Å²) in [7, 11) is 0. The van der Waals surface area contributed by atoms with E-state index >= 15 is 0 Å². The van der Waals surface area contributed by atoms with Gasteiger partial charge in [-0.1, -0.05) is 6.92 Å². The van der Waals surface area contributed by atoms with Crippen LogP contribution in [0.4, 0.5) is 0 Å². The summed E-state index contributed by atoms with van der Waals surface area (Å²) in [5.74, 6) is 0.00560. The standard InChI is InChI=1S/C14H24N4O.ClH/c1-4-8-18-11(3)13(10(2)17-18)14(19)16-9-12-6-5-7-15-12;/h12,15H,4-9H2,1-3H3,(H,16,19);1H. The van der Waals surface area contributed by atoms with E-state index in [0.29, 0.717) is 12.6 Å². The third kappa shape index (κ3) is 3.73. The molecule has 6 heteroatoms. The van der Waals surface area contributed by atoms with Gasteiger partial charge in [0.15, 0.2) is 0 Å². The summed E-state index contributed by atoms with van der Waals surface area (Å²) in [6.45, 7) is 8.62. The maximum absolute atomic E-state index is 12.3. The number of nitrogens with one attached hydrogen (secondary N) is 2. The molecular formula is C14H25ClN4O. The Labute approximate surface area is 126 Å². The van der Waals surface area contributed by atoms with Crippen LogP contribution in [-0.4, -0.2) is 34.8 Å². The van der Waals surface area contributed by atoms with E-state index in [1.807, 2.05) is 18.5 Å². The molecule has 0 radical (unpaired) electrons. The highest BCUT2D eigenvalue weighted by Crippen LogP contribution is 2.13. The third-order valence-corrected chi connectivity index (χ3v) is 3.72. The van der Waals surface area contributed by atoms with Gasteiger partial charge in [-0.15, -0.1) is 12.4 Å². The molecule has 5 nitrogen and oxygen atoms in total. The lowest BCUT2D eigenvalue weighted by molar-refractivity contribution is 0.0949. The summed E-state index contributed by atoms with van der Waals surface area (Å²) in [5, 5.41) is 10.8. The van der Waals surface area contributed by atoms with Crippen LogP contribution < -0.4 is 10.6 Å². The zero-order chi connectivity index (χ0) is 13.8. The lowest BCUT2D eigenvalue weighted by Gasteiger charge is -2.11. The molecule has 2 N–H and O–H groups in total. The second kappa shape index (κ2) is 7.64. The van der Waals surface area contributed by atoms with Gasteiger partial charge in [0.1, 0.15) is 0 Å². The minimum Gasteiger partial charge on any atom is -0.350 e. The fourth-order valence-electron chi connectivity index (χ4n) is 2.69. The number of carbonyl (C=O) groups excluding carboxylic acids is 1. The first kappa shape index (κ1) is 17.0. The maximum Gasteiger partial charge on any atom is 0.255 e. The summed E-state index contributed by atoms with van der Waals surface area (Å²) < 4.78 is 1.93. The molecule has 1 aliphatic rings. The van der Waals surface area contributed by atoms with E-state index in [-0.39, 0.29) is 18.3 Å². The third-order valence-electron chi connectivity index (χ3n) is 3.72. The van der Waals surface area contributed by atoms with E-state index in [2.05, 4.69) is 22.7 Å². The van der Waals surface area contributed by atoms with Crippen molar-refractivity contribution in [2.45, 2.75) is 52.6 Å². The highest BCUT2D eigenvalue weighted by Gasteiger charge is 2.20. The van der Waals surface area contributed by atoms with E-state index in [0.717, 1.165) is 42.9 Å². The van der Waals surface area contributed by atoms with Crippen LogP contribution in [-0.2, 0) is 6.54 Å². The smallest absolute Gasteiger partial charge is 0.255 e. The van der Waals surface area contributed by atoms with Gasteiger partial charge in [0.25, 0.3) is 5.91 Å². The van der Waals surface area contributed by atoms with Gasteiger partial charge in [-0.3, -0.25) is 9.48 Å². The average Bonchev–Trinajstić information content (AvgIpc) is 2.97. The normalized spacial score (nSPS) is 17.9. The summed E-state index contributed by atoms with van der Waals surface area (Å²) >= 11 is 0. The number of nitrogens with zero attached hydrogens (tertiary/aromatic N) is 2. The zero-order valence-electron chi connectivity index (χ0n) is 12.5. The fraction of sp³-hybridized carbons (Fsp3) is 0.714. The molecule has 1 atom stereocenters. The van der Waals surface area contributed by atoms with Gasteiger partial charge in [-0.25, -0.2) is 0 Å². The van der Waals surface area contributed by atoms with Crippen molar-refractivity contribution < 1.29 is 4.79 Å². The predicted octanol–water partition coefficient (Wildman–Crippen LogP) is 1.81. The van der Waals surface area contributed by atoms with Crippen LogP contribution in [0.5, 0.6) is 0 Å². The lowest BCUT2D eigenvalue weighted by atomic mass is 10.1. The van der Waals surface area contributed by atoms with Gasteiger partial charge >= 0.3 is 0 Å². The van der Waals surface area contributed by atoms with E-state index in [1.165, 1.54) is 6.42 Å². The van der Waals surface area contributed by atoms with Crippen LogP contribution in [0.25, 0.3) is 0 Å². The molecule has 1 aliphatic heterocycles. The molecule has 0 aromatic carbocycles. The molecule has 0 bridgehead atoms. The topological polar surface area (TPSA) is 59.0 Å². The van der Waals surface area contributed by atoms with E-state index in [9.17, 15) is 4.79 Å². The van der Waals surface area contributed by atoms with Crippen molar-refractivity contribution in [2.75, 3.05) is 13.1 Å². The first-order valence-corrected chi connectivity index (χ1v) is 7.19. The molecule has 1 aromatic heterocycles. The Kier molecular flexibility index (Phi) is 6.49. The number of halogens is 1. The molecule has 20 heavy (non-hydrogen) atoms. The Morgan fingerprint density at radius 3 is 2.85 bits per heavy atom. The first-order valence-electron chi connectivity index (χ1n) is 7.19. The summed E-state index contributed by atoms with van der Waals surface area (Å²) in [6.07, 6.45) is 3.37. The minimum atomic E-state index is 0. The van der Waals surface area contributed by atoms with Gasteiger partial charge in [-0.2, -0.15) is 5.10 Å². The number of carbonyl (C=O) groups is 1. The molecule has 0 spiro atoms. The monoisotopic (exact) mass is 300 g/mol. The first-order chi connectivity index (χ1) is 9.13. The lowest BCUT2D eigenvalue weighted by Crippen LogP contribution is -2.37. The van der Waals surface area contributed by atoms with Crippen molar-refractivity contribution >= 4 is 18.3 Å². The SMILES string of the molecule is CCCn1nc(C)c(C(=O)NCC2CCCN2)c1C.Cl. The highest BCUT2D eigenvalue weighted by molar-refractivity contribution is 5.96. The molecule has 0 aliphatic carbocycles. The van der Waals surface area contributed by atoms with E-state index < -0.39 is 0 Å². The van der Waals surface area contributed by atoms with Crippen molar-refractivity contribution in [3.05, 3.63) is 17.0 Å². The number of aryl methyl sites for hydroxylation is 2. The highest BCUT2D eigenvalue weighted by atomic mass is 35.5. The number of rotatable bonds is 5. The second-order valence-corrected chi connectivity index (χ2v) is 5.27. The van der Waals surface area contributed by atoms with Gasteiger partial charge in [0, 0.05) is 24.8 Å². The molecule has 0 saturated carbocycles. The Balaban J connectivity index is 0.00000200. The van der Waals surface area contributed by atoms with Crippen LogP contribution in [0.3, 0.4) is 0 Å². The van der Waals surface area contributed by atoms with Gasteiger partial charge in [0.2, 0.25) is 0 Å². The van der Waals surface area contributed by atoms with Crippen LogP contribution >= 0.6 is 12.4 Å². The van der Waals surface area contributed by atoms with Crippen molar-refractivity contribution in [3.8, 4) is 0 Å². The summed E-state index contributed by atoms with van der Waals surface area (Å²) in [6, 6.07) is 0.426. The van der Waals surface area contributed by atoms with Crippen molar-refractivity contribution in [1.29, 1.82) is 0 Å². The molecule has 2 rings (SSSR count). The van der Waals surface area contributed by atoms with Crippen molar-refractivity contribution in [3.63, 3.8) is 0 Å². The Hall–Kier alpha value is -1.07. The zero-order valence-corrected chi connectivity index (χ0v) is 13.3. The molecule has 114 valence electrons. The van der Waals surface area contributed by atoms with Crippen LogP contribution in [0.2, 0.25) is 0 Å². The largest absolute Gasteiger partial charge is 0.350 e. The maximum atomic E-state index is 12.3. The molecule has 1 amide bonds. The molecule has 2 heterocycles. The summed E-state index contributed by atoms with van der Waals surface area (Å²) in [4.78, 5) is 12.3. The Morgan fingerprint density at radius 2 is 2.25 bits per heavy atom. The van der Waals surface area contributed by atoms with E-state index in [4.69, 9.17) is 0 Å². The number of amides is 1. The quantitative estimate of drug-likeness (QED) is 0.872. The number of hydrogen-bond acceptors (Lipinski definition) is 3. The van der Waals surface area contributed by atoms with Crippen LogP contribution in [0.15, 0.2) is 0 Å². The van der Waals surface area contributed by atoms with Gasteiger partial charge in [-0.05, 0) is 39.7 Å². The Bertz CT molecular complexity index is 452. The molecule has 1 aromatic rings. The second-order valence-electron chi connectivity index (χ2n) is 5.27.